The van der Waals surface area contributed by atoms with Crippen molar-refractivity contribution >= 4 is 0 Å². The van der Waals surface area contributed by atoms with Crippen LogP contribution in [0.3, 0.4) is 0 Å². The van der Waals surface area contributed by atoms with Crippen molar-refractivity contribution in [3.63, 3.8) is 0 Å². The molecule has 3 rings (SSSR count). The largest absolute Gasteiger partial charge is 0.497 e. The van der Waals surface area contributed by atoms with Gasteiger partial charge >= 0.3 is 0 Å². The first-order valence-corrected chi connectivity index (χ1v) is 7.16. The Labute approximate surface area is 123 Å². The summed E-state index contributed by atoms with van der Waals surface area (Å²) in [5.41, 5.74) is 6.83. The highest BCUT2D eigenvalue weighted by atomic mass is 16.5. The standard InChI is InChI=1S/C15H20N4O2/c1-20-13-4-2-11(3-5-13)12-6-7-19(9-12)10-14-17-15(8-16)21-18-14/h2-5,12H,6-10,16H2,1H3. The lowest BCUT2D eigenvalue weighted by Crippen LogP contribution is -2.20. The van der Waals surface area contributed by atoms with Gasteiger partial charge < -0.3 is 15.0 Å². The number of hydrogen-bond donors (Lipinski definition) is 1. The van der Waals surface area contributed by atoms with Gasteiger partial charge in [0.05, 0.1) is 20.2 Å². The Morgan fingerprint density at radius 2 is 2.19 bits per heavy atom. The Kier molecular flexibility index (Phi) is 4.17. The summed E-state index contributed by atoms with van der Waals surface area (Å²) in [7, 11) is 1.69. The van der Waals surface area contributed by atoms with Crippen LogP contribution in [0.1, 0.15) is 29.6 Å². The van der Waals surface area contributed by atoms with Crippen LogP contribution in [0, 0.1) is 0 Å². The molecule has 1 atom stereocenters. The van der Waals surface area contributed by atoms with E-state index in [-0.39, 0.29) is 0 Å². The Morgan fingerprint density at radius 3 is 2.86 bits per heavy atom. The van der Waals surface area contributed by atoms with E-state index in [1.54, 1.807) is 7.11 Å². The molecule has 2 heterocycles. The average molecular weight is 288 g/mol. The van der Waals surface area contributed by atoms with Gasteiger partial charge in [0, 0.05) is 6.54 Å². The molecule has 1 aromatic heterocycles. The molecule has 6 heteroatoms. The normalized spacial score (nSPS) is 19.0. The first kappa shape index (κ1) is 14.0. The first-order chi connectivity index (χ1) is 10.3. The molecule has 112 valence electrons. The minimum absolute atomic E-state index is 0.293. The summed E-state index contributed by atoms with van der Waals surface area (Å²) in [5.74, 6) is 2.66. The molecule has 1 aliphatic rings. The number of aromatic nitrogens is 2. The predicted molar refractivity (Wildman–Crippen MR) is 77.8 cm³/mol. The quantitative estimate of drug-likeness (QED) is 0.899. The SMILES string of the molecule is COc1ccc(C2CCN(Cc3noc(CN)n3)C2)cc1. The number of nitrogens with zero attached hydrogens (tertiary/aromatic N) is 3. The molecule has 0 radical (unpaired) electrons. The Hall–Kier alpha value is -1.92. The van der Waals surface area contributed by atoms with E-state index in [1.807, 2.05) is 12.1 Å². The zero-order valence-electron chi connectivity index (χ0n) is 12.2. The fourth-order valence-corrected chi connectivity index (χ4v) is 2.76. The van der Waals surface area contributed by atoms with Gasteiger partial charge in [-0.25, -0.2) is 0 Å². The molecule has 2 aromatic rings. The maximum Gasteiger partial charge on any atom is 0.240 e. The zero-order chi connectivity index (χ0) is 14.7. The van der Waals surface area contributed by atoms with Crippen molar-refractivity contribution in [3.8, 4) is 5.75 Å². The highest BCUT2D eigenvalue weighted by Gasteiger charge is 2.25. The molecule has 1 unspecified atom stereocenters. The molecule has 1 aliphatic heterocycles. The van der Waals surface area contributed by atoms with Crippen LogP contribution in [0.25, 0.3) is 0 Å². The molecule has 0 bridgehead atoms. The highest BCUT2D eigenvalue weighted by Crippen LogP contribution is 2.29. The third-order valence-corrected chi connectivity index (χ3v) is 3.91. The third kappa shape index (κ3) is 3.22. The number of benzene rings is 1. The van der Waals surface area contributed by atoms with Crippen molar-refractivity contribution in [2.45, 2.75) is 25.4 Å². The molecule has 6 nitrogen and oxygen atoms in total. The van der Waals surface area contributed by atoms with Crippen LogP contribution in [-0.4, -0.2) is 35.2 Å². The van der Waals surface area contributed by atoms with Crippen LogP contribution in [0.2, 0.25) is 0 Å². The van der Waals surface area contributed by atoms with Crippen LogP contribution in [0.5, 0.6) is 5.75 Å². The molecule has 2 N–H and O–H groups in total. The van der Waals surface area contributed by atoms with Crippen LogP contribution < -0.4 is 10.5 Å². The van der Waals surface area contributed by atoms with E-state index >= 15 is 0 Å². The molecule has 0 spiro atoms. The van der Waals surface area contributed by atoms with E-state index in [1.165, 1.54) is 5.56 Å². The minimum Gasteiger partial charge on any atom is -0.497 e. The highest BCUT2D eigenvalue weighted by molar-refractivity contribution is 5.30. The Balaban J connectivity index is 1.59. The van der Waals surface area contributed by atoms with Gasteiger partial charge in [-0.1, -0.05) is 17.3 Å². The summed E-state index contributed by atoms with van der Waals surface area (Å²) in [6.07, 6.45) is 1.15. The van der Waals surface area contributed by atoms with Gasteiger partial charge in [0.1, 0.15) is 5.75 Å². The second kappa shape index (κ2) is 6.24. The van der Waals surface area contributed by atoms with Crippen molar-refractivity contribution in [1.29, 1.82) is 0 Å². The number of methoxy groups -OCH3 is 1. The first-order valence-electron chi connectivity index (χ1n) is 7.16. The van der Waals surface area contributed by atoms with Gasteiger partial charge in [-0.2, -0.15) is 4.98 Å². The van der Waals surface area contributed by atoms with Crippen molar-refractivity contribution in [2.75, 3.05) is 20.2 Å². The minimum atomic E-state index is 0.293. The third-order valence-electron chi connectivity index (χ3n) is 3.91. The number of nitrogens with two attached hydrogens (primary N) is 1. The molecule has 0 amide bonds. The van der Waals surface area contributed by atoms with Gasteiger partial charge in [-0.15, -0.1) is 0 Å². The van der Waals surface area contributed by atoms with E-state index in [0.717, 1.165) is 31.8 Å². The molecule has 1 aromatic carbocycles. The fourth-order valence-electron chi connectivity index (χ4n) is 2.76. The summed E-state index contributed by atoms with van der Waals surface area (Å²) in [6, 6.07) is 8.33. The fraction of sp³-hybridized carbons (Fsp3) is 0.467. The monoisotopic (exact) mass is 288 g/mol. The van der Waals surface area contributed by atoms with E-state index in [0.29, 0.717) is 24.2 Å². The van der Waals surface area contributed by atoms with E-state index in [9.17, 15) is 0 Å². The predicted octanol–water partition coefficient (Wildman–Crippen LogP) is 1.53. The maximum atomic E-state index is 5.47. The van der Waals surface area contributed by atoms with Gasteiger partial charge in [-0.3, -0.25) is 4.90 Å². The summed E-state index contributed by atoms with van der Waals surface area (Å²) >= 11 is 0. The van der Waals surface area contributed by atoms with Gasteiger partial charge in [0.15, 0.2) is 5.82 Å². The Bertz CT molecular complexity index is 582. The lowest BCUT2D eigenvalue weighted by atomic mass is 9.98. The molecule has 1 saturated heterocycles. The summed E-state index contributed by atoms with van der Waals surface area (Å²) in [6.45, 7) is 3.07. The second-order valence-corrected chi connectivity index (χ2v) is 5.30. The van der Waals surface area contributed by atoms with E-state index in [4.69, 9.17) is 15.0 Å². The lowest BCUT2D eigenvalue weighted by molar-refractivity contribution is 0.306. The van der Waals surface area contributed by atoms with E-state index < -0.39 is 0 Å². The number of ether oxygens (including phenoxy) is 1. The topological polar surface area (TPSA) is 77.4 Å². The molecular formula is C15H20N4O2. The lowest BCUT2D eigenvalue weighted by Gasteiger charge is -2.14. The molecule has 0 aliphatic carbocycles. The maximum absolute atomic E-state index is 5.47. The molecule has 0 saturated carbocycles. The van der Waals surface area contributed by atoms with E-state index in [2.05, 4.69) is 27.2 Å². The van der Waals surface area contributed by atoms with Crippen LogP contribution >= 0.6 is 0 Å². The number of hydrogen-bond acceptors (Lipinski definition) is 6. The summed E-state index contributed by atoms with van der Waals surface area (Å²) < 4.78 is 10.2. The van der Waals surface area contributed by atoms with Crippen LogP contribution in [0.15, 0.2) is 28.8 Å². The van der Waals surface area contributed by atoms with Crippen LogP contribution in [-0.2, 0) is 13.1 Å². The van der Waals surface area contributed by atoms with Crippen molar-refractivity contribution < 1.29 is 9.26 Å². The smallest absolute Gasteiger partial charge is 0.240 e. The van der Waals surface area contributed by atoms with Gasteiger partial charge in [0.2, 0.25) is 5.89 Å². The Morgan fingerprint density at radius 1 is 1.38 bits per heavy atom. The summed E-state index contributed by atoms with van der Waals surface area (Å²) in [4.78, 5) is 6.60. The van der Waals surface area contributed by atoms with Gasteiger partial charge in [-0.05, 0) is 36.6 Å². The summed E-state index contributed by atoms with van der Waals surface area (Å²) in [5, 5.41) is 3.95. The number of rotatable bonds is 5. The zero-order valence-corrected chi connectivity index (χ0v) is 12.2. The van der Waals surface area contributed by atoms with Crippen molar-refractivity contribution in [3.05, 3.63) is 41.5 Å². The van der Waals surface area contributed by atoms with Gasteiger partial charge in [0.25, 0.3) is 0 Å². The van der Waals surface area contributed by atoms with Crippen molar-refractivity contribution in [2.24, 2.45) is 5.73 Å². The van der Waals surface area contributed by atoms with Crippen LogP contribution in [0.4, 0.5) is 0 Å². The van der Waals surface area contributed by atoms with Crippen molar-refractivity contribution in [1.82, 2.24) is 15.0 Å². The molecular weight excluding hydrogens is 268 g/mol. The molecule has 1 fully saturated rings. The number of likely N-dealkylation sites (tertiary alicyclic amines) is 1. The average Bonchev–Trinajstić information content (AvgIpc) is 3.17. The molecule has 21 heavy (non-hydrogen) atoms. The second-order valence-electron chi connectivity index (χ2n) is 5.30.